The minimum absolute atomic E-state index is 0.372. The van der Waals surface area contributed by atoms with Gasteiger partial charge < -0.3 is 0 Å². The Hall–Kier alpha value is -2.40. The molecule has 0 bridgehead atoms. The lowest BCUT2D eigenvalue weighted by Crippen LogP contribution is -2.04. The Morgan fingerprint density at radius 1 is 0.885 bits per heavy atom. The van der Waals surface area contributed by atoms with Crippen LogP contribution in [0.1, 0.15) is 30.0 Å². The molecule has 1 aliphatic rings. The predicted octanol–water partition coefficient (Wildman–Crippen LogP) is 6.36. The van der Waals surface area contributed by atoms with Gasteiger partial charge in [-0.15, -0.1) is 0 Å². The van der Waals surface area contributed by atoms with E-state index in [4.69, 9.17) is 16.6 Å². The van der Waals surface area contributed by atoms with Crippen molar-refractivity contribution in [3.63, 3.8) is 0 Å². The van der Waals surface area contributed by atoms with Gasteiger partial charge in [0.25, 0.3) is 0 Å². The van der Waals surface area contributed by atoms with Gasteiger partial charge >= 0.3 is 6.18 Å². The first-order valence-corrected chi connectivity index (χ1v) is 8.59. The molecule has 3 aromatic rings. The molecule has 26 heavy (non-hydrogen) atoms. The molecule has 0 amide bonds. The van der Waals surface area contributed by atoms with Crippen molar-refractivity contribution < 1.29 is 13.2 Å². The molecule has 0 radical (unpaired) electrons. The molecule has 1 saturated carbocycles. The summed E-state index contributed by atoms with van der Waals surface area (Å²) in [5.74, 6) is 0.417. The van der Waals surface area contributed by atoms with E-state index in [0.717, 1.165) is 53.1 Å². The maximum absolute atomic E-state index is 12.8. The normalized spacial score (nSPS) is 14.5. The number of halogens is 4. The van der Waals surface area contributed by atoms with Gasteiger partial charge in [-0.3, -0.25) is 4.98 Å². The summed E-state index contributed by atoms with van der Waals surface area (Å²) in [7, 11) is 0. The average Bonchev–Trinajstić information content (AvgIpc) is 3.46. The standard InChI is InChI=1S/C20H14ClF3N2/c21-19-11-14(7-8-25-19)18-10-15(9-17(26-18)13-1-2-13)12-3-5-16(6-4-12)20(22,23)24/h3-11,13H,1-2H2. The zero-order chi connectivity index (χ0) is 18.3. The van der Waals surface area contributed by atoms with Gasteiger partial charge in [-0.1, -0.05) is 23.7 Å². The van der Waals surface area contributed by atoms with Crippen molar-refractivity contribution in [3.8, 4) is 22.4 Å². The number of hydrogen-bond acceptors (Lipinski definition) is 2. The second-order valence-electron chi connectivity index (χ2n) is 6.38. The minimum Gasteiger partial charge on any atom is -0.253 e. The van der Waals surface area contributed by atoms with Gasteiger partial charge in [0.1, 0.15) is 5.15 Å². The molecule has 0 saturated heterocycles. The number of aromatic nitrogens is 2. The largest absolute Gasteiger partial charge is 0.416 e. The molecule has 1 aromatic carbocycles. The number of pyridine rings is 2. The summed E-state index contributed by atoms with van der Waals surface area (Å²) in [6.07, 6.45) is -0.560. The Balaban J connectivity index is 1.78. The van der Waals surface area contributed by atoms with Crippen molar-refractivity contribution in [1.82, 2.24) is 9.97 Å². The lowest BCUT2D eigenvalue weighted by Gasteiger charge is -2.11. The molecule has 0 N–H and O–H groups in total. The van der Waals surface area contributed by atoms with Crippen LogP contribution in [-0.4, -0.2) is 9.97 Å². The van der Waals surface area contributed by atoms with Gasteiger partial charge in [0.05, 0.1) is 11.3 Å². The zero-order valence-electron chi connectivity index (χ0n) is 13.6. The maximum atomic E-state index is 12.8. The summed E-state index contributed by atoms with van der Waals surface area (Å²) >= 11 is 5.98. The second-order valence-corrected chi connectivity index (χ2v) is 6.77. The lowest BCUT2D eigenvalue weighted by molar-refractivity contribution is -0.137. The smallest absolute Gasteiger partial charge is 0.253 e. The second kappa shape index (κ2) is 6.40. The summed E-state index contributed by atoms with van der Waals surface area (Å²) in [5, 5.41) is 0.372. The van der Waals surface area contributed by atoms with Gasteiger partial charge in [0, 0.05) is 23.4 Å². The van der Waals surface area contributed by atoms with E-state index < -0.39 is 11.7 Å². The molecule has 1 aliphatic carbocycles. The molecular formula is C20H14ClF3N2. The van der Waals surface area contributed by atoms with Crippen LogP contribution < -0.4 is 0 Å². The van der Waals surface area contributed by atoms with Crippen molar-refractivity contribution in [3.05, 3.63) is 71.1 Å². The molecule has 0 unspecified atom stereocenters. The third-order valence-electron chi connectivity index (χ3n) is 4.41. The van der Waals surface area contributed by atoms with Crippen LogP contribution in [-0.2, 0) is 6.18 Å². The topological polar surface area (TPSA) is 25.8 Å². The highest BCUT2D eigenvalue weighted by atomic mass is 35.5. The predicted molar refractivity (Wildman–Crippen MR) is 94.9 cm³/mol. The molecule has 132 valence electrons. The molecule has 2 aromatic heterocycles. The third kappa shape index (κ3) is 3.58. The first-order valence-electron chi connectivity index (χ1n) is 8.22. The van der Waals surface area contributed by atoms with Gasteiger partial charge in [0.15, 0.2) is 0 Å². The van der Waals surface area contributed by atoms with E-state index in [1.165, 1.54) is 12.1 Å². The first-order chi connectivity index (χ1) is 12.4. The number of hydrogen-bond donors (Lipinski definition) is 0. The van der Waals surface area contributed by atoms with Crippen molar-refractivity contribution in [2.75, 3.05) is 0 Å². The lowest BCUT2D eigenvalue weighted by atomic mass is 10.0. The maximum Gasteiger partial charge on any atom is 0.416 e. The van der Waals surface area contributed by atoms with E-state index in [1.54, 1.807) is 12.3 Å². The molecule has 6 heteroatoms. The van der Waals surface area contributed by atoms with E-state index in [-0.39, 0.29) is 0 Å². The van der Waals surface area contributed by atoms with Gasteiger partial charge in [-0.05, 0) is 60.4 Å². The Kier molecular flexibility index (Phi) is 4.19. The van der Waals surface area contributed by atoms with E-state index in [1.807, 2.05) is 18.2 Å². The van der Waals surface area contributed by atoms with E-state index in [0.29, 0.717) is 11.1 Å². The highest BCUT2D eigenvalue weighted by Crippen LogP contribution is 2.41. The molecule has 4 rings (SSSR count). The summed E-state index contributed by atoms with van der Waals surface area (Å²) in [5.41, 5.74) is 3.46. The highest BCUT2D eigenvalue weighted by molar-refractivity contribution is 6.29. The summed E-state index contributed by atoms with van der Waals surface area (Å²) < 4.78 is 38.4. The van der Waals surface area contributed by atoms with Gasteiger partial charge in [0.2, 0.25) is 0 Å². The fourth-order valence-corrected chi connectivity index (χ4v) is 3.04. The van der Waals surface area contributed by atoms with Crippen LogP contribution in [0, 0.1) is 0 Å². The Morgan fingerprint density at radius 2 is 1.62 bits per heavy atom. The van der Waals surface area contributed by atoms with E-state index in [2.05, 4.69) is 4.98 Å². The molecule has 0 spiro atoms. The van der Waals surface area contributed by atoms with Crippen LogP contribution in [0.25, 0.3) is 22.4 Å². The van der Waals surface area contributed by atoms with Crippen molar-refractivity contribution in [1.29, 1.82) is 0 Å². The van der Waals surface area contributed by atoms with E-state index in [9.17, 15) is 13.2 Å². The zero-order valence-corrected chi connectivity index (χ0v) is 14.3. The van der Waals surface area contributed by atoms with Gasteiger partial charge in [-0.25, -0.2) is 4.98 Å². The monoisotopic (exact) mass is 374 g/mol. The average molecular weight is 375 g/mol. The van der Waals surface area contributed by atoms with Gasteiger partial charge in [-0.2, -0.15) is 13.2 Å². The Morgan fingerprint density at radius 3 is 2.23 bits per heavy atom. The molecular weight excluding hydrogens is 361 g/mol. The van der Waals surface area contributed by atoms with Crippen LogP contribution >= 0.6 is 11.6 Å². The van der Waals surface area contributed by atoms with Crippen molar-refractivity contribution in [2.45, 2.75) is 24.9 Å². The summed E-state index contributed by atoms with van der Waals surface area (Å²) in [6.45, 7) is 0. The number of alkyl halides is 3. The SMILES string of the molecule is FC(F)(F)c1ccc(-c2cc(-c3ccnc(Cl)c3)nc(C3CC3)c2)cc1. The Labute approximate surface area is 153 Å². The third-order valence-corrected chi connectivity index (χ3v) is 4.62. The number of benzene rings is 1. The molecule has 0 aliphatic heterocycles. The fourth-order valence-electron chi connectivity index (χ4n) is 2.87. The van der Waals surface area contributed by atoms with Crippen LogP contribution in [0.5, 0.6) is 0 Å². The van der Waals surface area contributed by atoms with Crippen LogP contribution in [0.4, 0.5) is 13.2 Å². The summed E-state index contributed by atoms with van der Waals surface area (Å²) in [6, 6.07) is 12.6. The summed E-state index contributed by atoms with van der Waals surface area (Å²) in [4.78, 5) is 8.70. The van der Waals surface area contributed by atoms with Crippen LogP contribution in [0.2, 0.25) is 5.15 Å². The molecule has 0 atom stereocenters. The molecule has 1 fully saturated rings. The van der Waals surface area contributed by atoms with Crippen molar-refractivity contribution >= 4 is 11.6 Å². The fraction of sp³-hybridized carbons (Fsp3) is 0.200. The minimum atomic E-state index is -4.34. The van der Waals surface area contributed by atoms with Crippen LogP contribution in [0.15, 0.2) is 54.7 Å². The number of nitrogens with zero attached hydrogens (tertiary/aromatic N) is 2. The van der Waals surface area contributed by atoms with Crippen LogP contribution in [0.3, 0.4) is 0 Å². The molecule has 2 nitrogen and oxygen atoms in total. The molecule has 2 heterocycles. The number of rotatable bonds is 3. The first kappa shape index (κ1) is 17.0. The highest BCUT2D eigenvalue weighted by Gasteiger charge is 2.30. The quantitative estimate of drug-likeness (QED) is 0.498. The van der Waals surface area contributed by atoms with E-state index >= 15 is 0 Å². The Bertz CT molecular complexity index is 948. The van der Waals surface area contributed by atoms with Crippen molar-refractivity contribution in [2.24, 2.45) is 0 Å².